The molecular weight excluding hydrogens is 186 g/mol. The average molecular weight is 206 g/mol. The number of alkyl halides is 2. The Morgan fingerprint density at radius 1 is 1.43 bits per heavy atom. The van der Waals surface area contributed by atoms with Gasteiger partial charge in [-0.3, -0.25) is 0 Å². The van der Waals surface area contributed by atoms with Gasteiger partial charge in [0.05, 0.1) is 13.1 Å². The largest absolute Gasteiger partial charge is 0.311 e. The molecule has 1 aliphatic rings. The van der Waals surface area contributed by atoms with Crippen LogP contribution in [-0.4, -0.2) is 44.0 Å². The number of rotatable bonds is 7. The summed E-state index contributed by atoms with van der Waals surface area (Å²) in [5.74, 6) is -1.92. The Balaban J connectivity index is 2.17. The minimum absolute atomic E-state index is 0.128. The zero-order chi connectivity index (χ0) is 10.6. The highest BCUT2D eigenvalue weighted by molar-refractivity contribution is 4.79. The number of nitrogens with zero attached hydrogens (tertiary/aromatic N) is 1. The van der Waals surface area contributed by atoms with Crippen LogP contribution in [0.2, 0.25) is 0 Å². The van der Waals surface area contributed by atoms with Gasteiger partial charge in [-0.1, -0.05) is 6.92 Å². The summed E-state index contributed by atoms with van der Waals surface area (Å²) < 4.78 is 26.5. The smallest absolute Gasteiger partial charge is 0.272 e. The lowest BCUT2D eigenvalue weighted by atomic mass is 10.3. The first-order valence-electron chi connectivity index (χ1n) is 5.30. The van der Waals surface area contributed by atoms with Crippen LogP contribution < -0.4 is 5.32 Å². The third-order valence-electron chi connectivity index (χ3n) is 2.40. The zero-order valence-corrected chi connectivity index (χ0v) is 9.02. The Bertz CT molecular complexity index is 170. The monoisotopic (exact) mass is 206 g/mol. The zero-order valence-electron chi connectivity index (χ0n) is 9.02. The van der Waals surface area contributed by atoms with E-state index >= 15 is 0 Å². The van der Waals surface area contributed by atoms with Crippen molar-refractivity contribution in [2.75, 3.05) is 33.2 Å². The molecule has 0 unspecified atom stereocenters. The molecule has 0 aromatic heterocycles. The van der Waals surface area contributed by atoms with Crippen molar-refractivity contribution in [3.63, 3.8) is 0 Å². The maximum Gasteiger partial charge on any atom is 0.272 e. The van der Waals surface area contributed by atoms with Gasteiger partial charge in [-0.15, -0.1) is 0 Å². The molecule has 1 aliphatic carbocycles. The molecule has 0 amide bonds. The second kappa shape index (κ2) is 5.03. The van der Waals surface area contributed by atoms with Crippen LogP contribution in [0.5, 0.6) is 0 Å². The van der Waals surface area contributed by atoms with Gasteiger partial charge in [0.2, 0.25) is 0 Å². The van der Waals surface area contributed by atoms with Gasteiger partial charge in [-0.2, -0.15) is 0 Å². The molecule has 1 N–H and O–H groups in total. The van der Waals surface area contributed by atoms with E-state index in [4.69, 9.17) is 0 Å². The standard InChI is InChI=1S/C10H20F2N2/c1-3-13-7-10(11,12)8-14(2)6-9-4-5-9/h9,13H,3-8H2,1-2H3. The Morgan fingerprint density at radius 2 is 2.07 bits per heavy atom. The van der Waals surface area contributed by atoms with Crippen molar-refractivity contribution in [2.45, 2.75) is 25.7 Å². The lowest BCUT2D eigenvalue weighted by Gasteiger charge is -2.23. The van der Waals surface area contributed by atoms with E-state index in [2.05, 4.69) is 5.32 Å². The second-order valence-electron chi connectivity index (χ2n) is 4.28. The van der Waals surface area contributed by atoms with Crippen molar-refractivity contribution in [3.05, 3.63) is 0 Å². The fourth-order valence-corrected chi connectivity index (χ4v) is 1.56. The molecule has 2 nitrogen and oxygen atoms in total. The van der Waals surface area contributed by atoms with Crippen LogP contribution in [0.3, 0.4) is 0 Å². The van der Waals surface area contributed by atoms with Crippen LogP contribution in [0.15, 0.2) is 0 Å². The lowest BCUT2D eigenvalue weighted by Crippen LogP contribution is -2.42. The quantitative estimate of drug-likeness (QED) is 0.680. The molecule has 4 heteroatoms. The summed E-state index contributed by atoms with van der Waals surface area (Å²) in [6.45, 7) is 2.92. The van der Waals surface area contributed by atoms with Gasteiger partial charge in [0.1, 0.15) is 0 Å². The molecule has 0 bridgehead atoms. The summed E-state index contributed by atoms with van der Waals surface area (Å²) >= 11 is 0. The molecule has 14 heavy (non-hydrogen) atoms. The molecule has 0 aromatic carbocycles. The van der Waals surface area contributed by atoms with E-state index in [0.29, 0.717) is 12.5 Å². The maximum absolute atomic E-state index is 13.2. The topological polar surface area (TPSA) is 15.3 Å². The molecule has 1 saturated carbocycles. The van der Waals surface area contributed by atoms with Crippen LogP contribution in [0.1, 0.15) is 19.8 Å². The normalized spacial score (nSPS) is 17.8. The number of nitrogens with one attached hydrogen (secondary N) is 1. The van der Waals surface area contributed by atoms with E-state index in [1.165, 1.54) is 12.8 Å². The molecule has 0 heterocycles. The highest BCUT2D eigenvalue weighted by Gasteiger charge is 2.32. The SMILES string of the molecule is CCNCC(F)(F)CN(C)CC1CC1. The maximum atomic E-state index is 13.2. The first-order chi connectivity index (χ1) is 6.53. The molecule has 0 radical (unpaired) electrons. The van der Waals surface area contributed by atoms with Crippen molar-refractivity contribution >= 4 is 0 Å². The minimum Gasteiger partial charge on any atom is -0.311 e. The second-order valence-corrected chi connectivity index (χ2v) is 4.28. The van der Waals surface area contributed by atoms with Crippen molar-refractivity contribution in [1.29, 1.82) is 0 Å². The van der Waals surface area contributed by atoms with Gasteiger partial charge >= 0.3 is 0 Å². The van der Waals surface area contributed by atoms with Gasteiger partial charge < -0.3 is 10.2 Å². The molecule has 0 aromatic rings. The van der Waals surface area contributed by atoms with E-state index in [1.807, 2.05) is 6.92 Å². The molecule has 0 aliphatic heterocycles. The van der Waals surface area contributed by atoms with Gasteiger partial charge in [-0.05, 0) is 32.4 Å². The van der Waals surface area contributed by atoms with Gasteiger partial charge in [0.15, 0.2) is 0 Å². The van der Waals surface area contributed by atoms with Crippen LogP contribution in [0.25, 0.3) is 0 Å². The third-order valence-corrected chi connectivity index (χ3v) is 2.40. The van der Waals surface area contributed by atoms with Crippen LogP contribution in [0.4, 0.5) is 8.78 Å². The predicted octanol–water partition coefficient (Wildman–Crippen LogP) is 1.57. The van der Waals surface area contributed by atoms with Gasteiger partial charge in [0.25, 0.3) is 5.92 Å². The summed E-state index contributed by atoms with van der Waals surface area (Å²) in [7, 11) is 1.78. The van der Waals surface area contributed by atoms with E-state index in [9.17, 15) is 8.78 Å². The van der Waals surface area contributed by atoms with E-state index in [0.717, 1.165) is 6.54 Å². The fraction of sp³-hybridized carbons (Fsp3) is 1.00. The Morgan fingerprint density at radius 3 is 2.57 bits per heavy atom. The molecule has 0 saturated heterocycles. The first kappa shape index (κ1) is 11.9. The molecular formula is C10H20F2N2. The summed E-state index contributed by atoms with van der Waals surface area (Å²) in [6, 6.07) is 0. The highest BCUT2D eigenvalue weighted by atomic mass is 19.3. The Kier molecular flexibility index (Phi) is 4.26. The molecule has 84 valence electrons. The molecule has 1 rings (SSSR count). The van der Waals surface area contributed by atoms with Crippen LogP contribution in [0, 0.1) is 5.92 Å². The number of halogens is 2. The van der Waals surface area contributed by atoms with Crippen molar-refractivity contribution in [2.24, 2.45) is 5.92 Å². The summed E-state index contributed by atoms with van der Waals surface area (Å²) in [5.41, 5.74) is 0. The fourth-order valence-electron chi connectivity index (χ4n) is 1.56. The summed E-state index contributed by atoms with van der Waals surface area (Å²) in [4.78, 5) is 1.75. The summed E-state index contributed by atoms with van der Waals surface area (Å²) in [5, 5.41) is 2.69. The van der Waals surface area contributed by atoms with Gasteiger partial charge in [-0.25, -0.2) is 8.78 Å². The van der Waals surface area contributed by atoms with Crippen molar-refractivity contribution in [1.82, 2.24) is 10.2 Å². The van der Waals surface area contributed by atoms with Crippen LogP contribution in [-0.2, 0) is 0 Å². The minimum atomic E-state index is -2.60. The lowest BCUT2D eigenvalue weighted by molar-refractivity contribution is -0.0251. The summed E-state index contributed by atoms with van der Waals surface area (Å²) in [6.07, 6.45) is 2.42. The van der Waals surface area contributed by atoms with Crippen molar-refractivity contribution < 1.29 is 8.78 Å². The third kappa shape index (κ3) is 4.86. The van der Waals surface area contributed by atoms with Crippen LogP contribution >= 0.6 is 0 Å². The molecule has 0 spiro atoms. The molecule has 0 atom stereocenters. The van der Waals surface area contributed by atoms with E-state index in [1.54, 1.807) is 11.9 Å². The van der Waals surface area contributed by atoms with Crippen molar-refractivity contribution in [3.8, 4) is 0 Å². The first-order valence-corrected chi connectivity index (χ1v) is 5.30. The molecule has 1 fully saturated rings. The Hall–Kier alpha value is -0.220. The predicted molar refractivity (Wildman–Crippen MR) is 53.7 cm³/mol. The van der Waals surface area contributed by atoms with Gasteiger partial charge in [0, 0.05) is 6.54 Å². The van der Waals surface area contributed by atoms with E-state index < -0.39 is 5.92 Å². The number of hydrogen-bond donors (Lipinski definition) is 1. The highest BCUT2D eigenvalue weighted by Crippen LogP contribution is 2.29. The average Bonchev–Trinajstić information content (AvgIpc) is 2.83. The Labute approximate surface area is 84.7 Å². The van der Waals surface area contributed by atoms with E-state index in [-0.39, 0.29) is 13.1 Å². The number of hydrogen-bond acceptors (Lipinski definition) is 2.